The molecule has 1 aromatic carbocycles. The number of hydrogen-bond donors (Lipinski definition) is 1. The van der Waals surface area contributed by atoms with E-state index >= 15 is 0 Å². The molecule has 1 aliphatic carbocycles. The quantitative estimate of drug-likeness (QED) is 0.674. The molecular formula is C20H32N2O5S. The third kappa shape index (κ3) is 5.61. The Morgan fingerprint density at radius 2 is 1.79 bits per heavy atom. The molecule has 1 N–H and O–H groups in total. The average Bonchev–Trinajstić information content (AvgIpc) is 2.67. The first-order chi connectivity index (χ1) is 13.3. The lowest BCUT2D eigenvalue weighted by Crippen LogP contribution is -2.48. The summed E-state index contributed by atoms with van der Waals surface area (Å²) in [5.41, 5.74) is 0.392. The highest BCUT2D eigenvalue weighted by molar-refractivity contribution is 7.89. The van der Waals surface area contributed by atoms with Crippen LogP contribution in [-0.2, 0) is 10.0 Å². The lowest BCUT2D eigenvalue weighted by molar-refractivity contribution is 0.0955. The van der Waals surface area contributed by atoms with Gasteiger partial charge in [-0.2, -0.15) is 4.31 Å². The fourth-order valence-electron chi connectivity index (χ4n) is 3.78. The van der Waals surface area contributed by atoms with Gasteiger partial charge in [-0.3, -0.25) is 4.79 Å². The molecular weight excluding hydrogens is 380 g/mol. The molecule has 2 rings (SSSR count). The average molecular weight is 413 g/mol. The Morgan fingerprint density at radius 3 is 2.36 bits per heavy atom. The van der Waals surface area contributed by atoms with Gasteiger partial charge in [-0.1, -0.05) is 19.3 Å². The predicted octanol–water partition coefficient (Wildman–Crippen LogP) is 2.81. The van der Waals surface area contributed by atoms with Crippen LogP contribution in [0.5, 0.6) is 11.5 Å². The molecule has 1 fully saturated rings. The van der Waals surface area contributed by atoms with Gasteiger partial charge in [-0.25, -0.2) is 8.42 Å². The molecule has 1 amide bonds. The van der Waals surface area contributed by atoms with Crippen LogP contribution in [0.25, 0.3) is 0 Å². The van der Waals surface area contributed by atoms with Crippen molar-refractivity contribution in [3.05, 3.63) is 23.8 Å². The van der Waals surface area contributed by atoms with Crippen LogP contribution in [0.15, 0.2) is 18.2 Å². The first-order valence-corrected chi connectivity index (χ1v) is 11.4. The Morgan fingerprint density at radius 1 is 1.14 bits per heavy atom. The fraction of sp³-hybridized carbons (Fsp3) is 0.650. The number of hydrogen-bond acceptors (Lipinski definition) is 5. The number of nitrogens with one attached hydrogen (secondary N) is 1. The van der Waals surface area contributed by atoms with Crippen LogP contribution in [0.1, 0.15) is 56.3 Å². The summed E-state index contributed by atoms with van der Waals surface area (Å²) in [7, 11) is -0.428. The second-order valence-corrected chi connectivity index (χ2v) is 9.35. The standard InChI is InChI=1S/C20H32N2O5S/c1-15(2)22(17-8-6-5-7-9-17)28(24,25)13-12-21-20(23)16-10-11-18(26-3)19(14-16)27-4/h10-11,14-15,17H,5-9,12-13H2,1-4H3,(H,21,23). The second kappa shape index (κ2) is 10.1. The number of rotatable bonds is 9. The molecule has 1 aliphatic rings. The van der Waals surface area contributed by atoms with E-state index in [-0.39, 0.29) is 30.3 Å². The van der Waals surface area contributed by atoms with E-state index in [4.69, 9.17) is 9.47 Å². The van der Waals surface area contributed by atoms with Crippen molar-refractivity contribution in [2.75, 3.05) is 26.5 Å². The van der Waals surface area contributed by atoms with E-state index in [1.165, 1.54) is 20.6 Å². The maximum absolute atomic E-state index is 12.9. The minimum atomic E-state index is -3.45. The van der Waals surface area contributed by atoms with E-state index < -0.39 is 10.0 Å². The van der Waals surface area contributed by atoms with Crippen molar-refractivity contribution >= 4 is 15.9 Å². The van der Waals surface area contributed by atoms with Gasteiger partial charge in [-0.05, 0) is 44.9 Å². The molecule has 1 saturated carbocycles. The molecule has 0 aliphatic heterocycles. The number of benzene rings is 1. The van der Waals surface area contributed by atoms with Crippen molar-refractivity contribution in [1.29, 1.82) is 0 Å². The number of methoxy groups -OCH3 is 2. The summed E-state index contributed by atoms with van der Waals surface area (Å²) >= 11 is 0. The van der Waals surface area contributed by atoms with E-state index in [0.29, 0.717) is 17.1 Å². The van der Waals surface area contributed by atoms with E-state index in [1.54, 1.807) is 22.5 Å². The van der Waals surface area contributed by atoms with Crippen LogP contribution >= 0.6 is 0 Å². The Balaban J connectivity index is 1.99. The lowest BCUT2D eigenvalue weighted by atomic mass is 9.95. The van der Waals surface area contributed by atoms with Crippen molar-refractivity contribution in [2.45, 2.75) is 58.0 Å². The van der Waals surface area contributed by atoms with Gasteiger partial charge >= 0.3 is 0 Å². The highest BCUT2D eigenvalue weighted by Gasteiger charge is 2.32. The van der Waals surface area contributed by atoms with Gasteiger partial charge in [0.1, 0.15) is 0 Å². The predicted molar refractivity (Wildman–Crippen MR) is 110 cm³/mol. The van der Waals surface area contributed by atoms with Crippen LogP contribution in [0, 0.1) is 0 Å². The Kier molecular flexibility index (Phi) is 8.12. The molecule has 0 heterocycles. The Bertz CT molecular complexity index is 758. The zero-order chi connectivity index (χ0) is 20.7. The molecule has 0 saturated heterocycles. The van der Waals surface area contributed by atoms with E-state index in [2.05, 4.69) is 5.32 Å². The SMILES string of the molecule is COc1ccc(C(=O)NCCS(=O)(=O)N(C(C)C)C2CCCCC2)cc1OC. The second-order valence-electron chi connectivity index (χ2n) is 7.36. The monoisotopic (exact) mass is 412 g/mol. The van der Waals surface area contributed by atoms with Gasteiger partial charge in [0.25, 0.3) is 5.91 Å². The molecule has 0 atom stereocenters. The summed E-state index contributed by atoms with van der Waals surface area (Å²) in [6.07, 6.45) is 5.13. The molecule has 28 heavy (non-hydrogen) atoms. The highest BCUT2D eigenvalue weighted by Crippen LogP contribution is 2.28. The number of amides is 1. The van der Waals surface area contributed by atoms with Gasteiger partial charge in [0.15, 0.2) is 11.5 Å². The van der Waals surface area contributed by atoms with Crippen molar-refractivity contribution in [3.63, 3.8) is 0 Å². The number of nitrogens with zero attached hydrogens (tertiary/aromatic N) is 1. The Hall–Kier alpha value is -1.80. The van der Waals surface area contributed by atoms with E-state index in [0.717, 1.165) is 25.7 Å². The number of carbonyl (C=O) groups excluding carboxylic acids is 1. The summed E-state index contributed by atoms with van der Waals surface area (Å²) in [5, 5.41) is 2.70. The zero-order valence-corrected chi connectivity index (χ0v) is 18.0. The fourth-order valence-corrected chi connectivity index (χ4v) is 5.66. The van der Waals surface area contributed by atoms with Crippen LogP contribution < -0.4 is 14.8 Å². The van der Waals surface area contributed by atoms with Gasteiger partial charge in [0.2, 0.25) is 10.0 Å². The third-order valence-electron chi connectivity index (χ3n) is 5.06. The van der Waals surface area contributed by atoms with Crippen molar-refractivity contribution < 1.29 is 22.7 Å². The summed E-state index contributed by atoms with van der Waals surface area (Å²) in [5.74, 6) is 0.526. The van der Waals surface area contributed by atoms with Crippen LogP contribution in [0.2, 0.25) is 0 Å². The molecule has 0 aromatic heterocycles. The third-order valence-corrected chi connectivity index (χ3v) is 7.14. The largest absolute Gasteiger partial charge is 0.493 e. The van der Waals surface area contributed by atoms with Gasteiger partial charge < -0.3 is 14.8 Å². The molecule has 7 nitrogen and oxygen atoms in total. The molecule has 158 valence electrons. The smallest absolute Gasteiger partial charge is 0.251 e. The molecule has 0 bridgehead atoms. The first kappa shape index (κ1) is 22.5. The molecule has 0 spiro atoms. The van der Waals surface area contributed by atoms with Crippen LogP contribution in [-0.4, -0.2) is 57.2 Å². The van der Waals surface area contributed by atoms with Gasteiger partial charge in [0, 0.05) is 24.2 Å². The summed E-state index contributed by atoms with van der Waals surface area (Å²) in [4.78, 5) is 12.4. The van der Waals surface area contributed by atoms with Crippen molar-refractivity contribution in [1.82, 2.24) is 9.62 Å². The maximum Gasteiger partial charge on any atom is 0.251 e. The highest BCUT2D eigenvalue weighted by atomic mass is 32.2. The Labute approximate surface area is 168 Å². The van der Waals surface area contributed by atoms with Gasteiger partial charge in [-0.15, -0.1) is 0 Å². The minimum absolute atomic E-state index is 0.0610. The lowest BCUT2D eigenvalue weighted by Gasteiger charge is -2.36. The van der Waals surface area contributed by atoms with Crippen LogP contribution in [0.3, 0.4) is 0 Å². The number of sulfonamides is 1. The van der Waals surface area contributed by atoms with Crippen molar-refractivity contribution in [2.24, 2.45) is 0 Å². The molecule has 1 aromatic rings. The maximum atomic E-state index is 12.9. The van der Waals surface area contributed by atoms with Crippen LogP contribution in [0.4, 0.5) is 0 Å². The first-order valence-electron chi connectivity index (χ1n) is 9.81. The molecule has 0 radical (unpaired) electrons. The van der Waals surface area contributed by atoms with Crippen molar-refractivity contribution in [3.8, 4) is 11.5 Å². The van der Waals surface area contributed by atoms with E-state index in [1.807, 2.05) is 13.8 Å². The molecule has 8 heteroatoms. The zero-order valence-electron chi connectivity index (χ0n) is 17.2. The normalized spacial score (nSPS) is 15.6. The topological polar surface area (TPSA) is 84.9 Å². The van der Waals surface area contributed by atoms with E-state index in [9.17, 15) is 13.2 Å². The number of ether oxygens (including phenoxy) is 2. The summed E-state index contributed by atoms with van der Waals surface area (Å²) in [6.45, 7) is 3.88. The summed E-state index contributed by atoms with van der Waals surface area (Å²) < 4.78 is 37.8. The number of carbonyl (C=O) groups is 1. The minimum Gasteiger partial charge on any atom is -0.493 e. The van der Waals surface area contributed by atoms with Gasteiger partial charge in [0.05, 0.1) is 20.0 Å². The summed E-state index contributed by atoms with van der Waals surface area (Å²) in [6, 6.07) is 4.82. The molecule has 0 unspecified atom stereocenters.